The minimum atomic E-state index is -0.0890. The van der Waals surface area contributed by atoms with Gasteiger partial charge in [-0.2, -0.15) is 0 Å². The van der Waals surface area contributed by atoms with Gasteiger partial charge in [-0.15, -0.1) is 0 Å². The average Bonchev–Trinajstić information content (AvgIpc) is 3.36. The lowest BCUT2D eigenvalue weighted by Gasteiger charge is -2.35. The van der Waals surface area contributed by atoms with Crippen molar-refractivity contribution in [1.29, 1.82) is 0 Å². The van der Waals surface area contributed by atoms with Crippen molar-refractivity contribution in [3.8, 4) is 0 Å². The number of amides is 1. The molecule has 4 heterocycles. The molecule has 2 aromatic heterocycles. The Hall–Kier alpha value is -2.42. The fourth-order valence-electron chi connectivity index (χ4n) is 4.24. The molecule has 146 valence electrons. The third-order valence-corrected chi connectivity index (χ3v) is 6.85. The Morgan fingerprint density at radius 1 is 1.14 bits per heavy atom. The predicted molar refractivity (Wildman–Crippen MR) is 106 cm³/mol. The van der Waals surface area contributed by atoms with Crippen molar-refractivity contribution in [2.75, 3.05) is 36.8 Å². The van der Waals surface area contributed by atoms with Crippen molar-refractivity contribution in [3.63, 3.8) is 0 Å². The molecule has 8 nitrogen and oxygen atoms in total. The normalized spacial score (nSPS) is 20.9. The molecule has 1 amide bonds. The van der Waals surface area contributed by atoms with Gasteiger partial charge in [-0.1, -0.05) is 11.8 Å². The molecule has 0 spiro atoms. The second kappa shape index (κ2) is 7.20. The lowest BCUT2D eigenvalue weighted by molar-refractivity contribution is -0.132. The van der Waals surface area contributed by atoms with Crippen molar-refractivity contribution < 1.29 is 4.79 Å². The number of carbonyl (C=O) groups is 1. The molecular formula is C19H22N6O2S. The first-order valence-corrected chi connectivity index (χ1v) is 10.8. The number of hydrogen-bond donors (Lipinski definition) is 0. The molecule has 1 saturated heterocycles. The van der Waals surface area contributed by atoms with E-state index in [9.17, 15) is 9.59 Å². The van der Waals surface area contributed by atoms with E-state index in [4.69, 9.17) is 0 Å². The van der Waals surface area contributed by atoms with Crippen LogP contribution in [0.4, 0.5) is 5.95 Å². The molecule has 0 aromatic carbocycles. The first-order valence-electron chi connectivity index (χ1n) is 9.77. The molecule has 2 aliphatic heterocycles. The van der Waals surface area contributed by atoms with Gasteiger partial charge in [0.1, 0.15) is 0 Å². The fourth-order valence-corrected chi connectivity index (χ4v) is 5.40. The van der Waals surface area contributed by atoms with E-state index in [-0.39, 0.29) is 17.5 Å². The molecule has 2 aromatic rings. The Labute approximate surface area is 167 Å². The highest BCUT2D eigenvalue weighted by atomic mass is 32.2. The largest absolute Gasteiger partial charge is 0.339 e. The predicted octanol–water partition coefficient (Wildman–Crippen LogP) is 0.908. The highest BCUT2D eigenvalue weighted by Gasteiger charge is 2.33. The summed E-state index contributed by atoms with van der Waals surface area (Å²) < 4.78 is 1.78. The molecule has 1 atom stereocenters. The number of carbonyl (C=O) groups excluding carboxylic acids is 1. The Balaban J connectivity index is 1.25. The van der Waals surface area contributed by atoms with Crippen LogP contribution >= 0.6 is 11.8 Å². The smallest absolute Gasteiger partial charge is 0.257 e. The van der Waals surface area contributed by atoms with Crippen LogP contribution in [0.25, 0.3) is 0 Å². The highest BCUT2D eigenvalue weighted by Crippen LogP contribution is 2.34. The number of fused-ring (bicyclic) bond motifs is 2. The summed E-state index contributed by atoms with van der Waals surface area (Å²) in [6.45, 7) is 2.75. The summed E-state index contributed by atoms with van der Waals surface area (Å²) in [5, 5.41) is 0.787. The third-order valence-electron chi connectivity index (χ3n) is 5.75. The van der Waals surface area contributed by atoms with Crippen molar-refractivity contribution in [3.05, 3.63) is 40.1 Å². The number of aromatic nitrogens is 4. The second-order valence-electron chi connectivity index (χ2n) is 7.43. The van der Waals surface area contributed by atoms with E-state index in [1.54, 1.807) is 34.8 Å². The van der Waals surface area contributed by atoms with Gasteiger partial charge < -0.3 is 9.80 Å². The van der Waals surface area contributed by atoms with Gasteiger partial charge in [-0.3, -0.25) is 14.2 Å². The Morgan fingerprint density at radius 3 is 2.71 bits per heavy atom. The Kier molecular flexibility index (Phi) is 4.54. The minimum Gasteiger partial charge on any atom is -0.339 e. The zero-order valence-corrected chi connectivity index (χ0v) is 16.4. The number of nitrogens with zero attached hydrogens (tertiary/aromatic N) is 6. The SMILES string of the molecule is O=C(CC1CSc2nc3c(c(=O)n21)CCC3)N1CCN(c2ncccn2)CC1. The molecule has 0 radical (unpaired) electrons. The maximum atomic E-state index is 12.9. The first-order chi connectivity index (χ1) is 13.7. The second-order valence-corrected chi connectivity index (χ2v) is 8.42. The van der Waals surface area contributed by atoms with E-state index in [0.29, 0.717) is 25.5 Å². The fraction of sp³-hybridized carbons (Fsp3) is 0.526. The quantitative estimate of drug-likeness (QED) is 0.711. The molecule has 9 heteroatoms. The van der Waals surface area contributed by atoms with Crippen molar-refractivity contribution in [2.45, 2.75) is 36.9 Å². The third kappa shape index (κ3) is 3.07. The van der Waals surface area contributed by atoms with E-state index in [1.807, 2.05) is 4.90 Å². The topological polar surface area (TPSA) is 84.2 Å². The monoisotopic (exact) mass is 398 g/mol. The van der Waals surface area contributed by atoms with Crippen LogP contribution in [-0.4, -0.2) is 62.3 Å². The maximum absolute atomic E-state index is 12.9. The summed E-state index contributed by atoms with van der Waals surface area (Å²) >= 11 is 1.60. The molecular weight excluding hydrogens is 376 g/mol. The molecule has 28 heavy (non-hydrogen) atoms. The van der Waals surface area contributed by atoms with Crippen molar-refractivity contribution in [2.24, 2.45) is 0 Å². The van der Waals surface area contributed by atoms with Crippen LogP contribution in [0.3, 0.4) is 0 Å². The van der Waals surface area contributed by atoms with Gasteiger partial charge >= 0.3 is 0 Å². The van der Waals surface area contributed by atoms with Crippen LogP contribution in [0.2, 0.25) is 0 Å². The van der Waals surface area contributed by atoms with Crippen LogP contribution in [0.15, 0.2) is 28.4 Å². The van der Waals surface area contributed by atoms with Gasteiger partial charge in [0.2, 0.25) is 11.9 Å². The number of piperazine rings is 1. The summed E-state index contributed by atoms with van der Waals surface area (Å²) in [4.78, 5) is 43.0. The lowest BCUT2D eigenvalue weighted by Crippen LogP contribution is -2.49. The van der Waals surface area contributed by atoms with E-state index in [0.717, 1.165) is 54.5 Å². The molecule has 1 unspecified atom stereocenters. The molecule has 0 saturated carbocycles. The summed E-state index contributed by atoms with van der Waals surface area (Å²) in [6.07, 6.45) is 6.55. The molecule has 0 N–H and O–H groups in total. The van der Waals surface area contributed by atoms with Gasteiger partial charge in [0.25, 0.3) is 5.56 Å². The van der Waals surface area contributed by atoms with Crippen LogP contribution in [0.1, 0.15) is 30.1 Å². The molecule has 3 aliphatic rings. The highest BCUT2D eigenvalue weighted by molar-refractivity contribution is 7.99. The van der Waals surface area contributed by atoms with E-state index in [2.05, 4.69) is 19.9 Å². The number of aryl methyl sites for hydroxylation is 1. The summed E-state index contributed by atoms with van der Waals surface area (Å²) in [5.41, 5.74) is 1.90. The van der Waals surface area contributed by atoms with Crippen LogP contribution in [0.5, 0.6) is 0 Å². The summed E-state index contributed by atoms with van der Waals surface area (Å²) in [6, 6.07) is 1.71. The maximum Gasteiger partial charge on any atom is 0.257 e. The molecule has 5 rings (SSSR count). The molecule has 1 fully saturated rings. The Bertz CT molecular complexity index is 955. The number of anilines is 1. The summed E-state index contributed by atoms with van der Waals surface area (Å²) in [7, 11) is 0. The van der Waals surface area contributed by atoms with Crippen molar-refractivity contribution in [1.82, 2.24) is 24.4 Å². The van der Waals surface area contributed by atoms with E-state index >= 15 is 0 Å². The van der Waals surface area contributed by atoms with Crippen LogP contribution < -0.4 is 10.5 Å². The Morgan fingerprint density at radius 2 is 1.93 bits per heavy atom. The number of hydrogen-bond acceptors (Lipinski definition) is 7. The van der Waals surface area contributed by atoms with Gasteiger partial charge in [0.15, 0.2) is 5.16 Å². The lowest BCUT2D eigenvalue weighted by atomic mass is 10.1. The number of thioether (sulfide) groups is 1. The molecule has 1 aliphatic carbocycles. The minimum absolute atomic E-state index is 0.0753. The van der Waals surface area contributed by atoms with Crippen LogP contribution in [0, 0.1) is 0 Å². The van der Waals surface area contributed by atoms with Crippen molar-refractivity contribution >= 4 is 23.6 Å². The van der Waals surface area contributed by atoms with Gasteiger partial charge in [0.05, 0.1) is 11.7 Å². The van der Waals surface area contributed by atoms with E-state index in [1.165, 1.54) is 0 Å². The van der Waals surface area contributed by atoms with Gasteiger partial charge in [-0.25, -0.2) is 15.0 Å². The first kappa shape index (κ1) is 17.7. The zero-order chi connectivity index (χ0) is 19.1. The average molecular weight is 398 g/mol. The van der Waals surface area contributed by atoms with Gasteiger partial charge in [0, 0.05) is 56.3 Å². The molecule has 0 bridgehead atoms. The standard InChI is InChI=1S/C19H22N6O2S/c26-16(23-7-9-24(10-8-23)18-20-5-2-6-21-18)11-13-12-28-19-22-15-4-1-3-14(15)17(27)25(13)19/h2,5-6,13H,1,3-4,7-12H2. The van der Waals surface area contributed by atoms with E-state index < -0.39 is 0 Å². The van der Waals surface area contributed by atoms with Crippen LogP contribution in [-0.2, 0) is 17.6 Å². The zero-order valence-electron chi connectivity index (χ0n) is 15.6. The summed E-state index contributed by atoms with van der Waals surface area (Å²) in [5.74, 6) is 1.57. The van der Waals surface area contributed by atoms with Gasteiger partial charge in [-0.05, 0) is 25.3 Å². The number of rotatable bonds is 3.